The Hall–Kier alpha value is -1.89. The number of carbonyl (C=O) groups excluding carboxylic acids is 2. The Morgan fingerprint density at radius 3 is 2.54 bits per heavy atom. The van der Waals surface area contributed by atoms with Crippen molar-refractivity contribution in [2.24, 2.45) is 0 Å². The van der Waals surface area contributed by atoms with Gasteiger partial charge in [-0.3, -0.25) is 9.59 Å². The lowest BCUT2D eigenvalue weighted by Gasteiger charge is -2.24. The number of amides is 2. The fourth-order valence-electron chi connectivity index (χ4n) is 3.38. The molecular weight excluding hydrogens is 310 g/mol. The van der Waals surface area contributed by atoms with Gasteiger partial charge in [0.15, 0.2) is 0 Å². The van der Waals surface area contributed by atoms with Gasteiger partial charge in [-0.25, -0.2) is 0 Å². The van der Waals surface area contributed by atoms with Gasteiger partial charge >= 0.3 is 0 Å². The molecular formula is C17H25N3O4. The molecule has 3 rings (SSSR count). The van der Waals surface area contributed by atoms with Crippen molar-refractivity contribution in [2.45, 2.75) is 45.6 Å². The summed E-state index contributed by atoms with van der Waals surface area (Å²) in [7, 11) is 0. The maximum Gasteiger partial charge on any atom is 0.251 e. The van der Waals surface area contributed by atoms with Crippen molar-refractivity contribution >= 4 is 11.8 Å². The summed E-state index contributed by atoms with van der Waals surface area (Å²) in [6.07, 6.45) is 2.58. The molecule has 0 saturated carbocycles. The van der Waals surface area contributed by atoms with Crippen molar-refractivity contribution in [1.29, 1.82) is 0 Å². The van der Waals surface area contributed by atoms with E-state index in [0.29, 0.717) is 45.0 Å². The number of nitrogens with zero attached hydrogens (tertiary/aromatic N) is 3. The summed E-state index contributed by atoms with van der Waals surface area (Å²) in [4.78, 5) is 28.7. The molecule has 2 amide bonds. The monoisotopic (exact) mass is 335 g/mol. The normalized spacial score (nSPS) is 21.8. The number of carbonyl (C=O) groups is 2. The molecule has 0 bridgehead atoms. The number of hydrogen-bond acceptors (Lipinski definition) is 5. The minimum Gasteiger partial charge on any atom is -0.368 e. The van der Waals surface area contributed by atoms with Gasteiger partial charge in [-0.2, -0.15) is 0 Å². The fraction of sp³-hybridized carbons (Fsp3) is 0.706. The van der Waals surface area contributed by atoms with Crippen molar-refractivity contribution < 1.29 is 18.8 Å². The predicted octanol–water partition coefficient (Wildman–Crippen LogP) is 1.07. The zero-order chi connectivity index (χ0) is 17.1. The highest BCUT2D eigenvalue weighted by molar-refractivity contribution is 5.82. The van der Waals surface area contributed by atoms with Crippen molar-refractivity contribution in [3.05, 3.63) is 17.0 Å². The fourth-order valence-corrected chi connectivity index (χ4v) is 3.38. The van der Waals surface area contributed by atoms with Crippen LogP contribution in [0.15, 0.2) is 4.52 Å². The van der Waals surface area contributed by atoms with Gasteiger partial charge in [0.1, 0.15) is 11.9 Å². The van der Waals surface area contributed by atoms with Crippen LogP contribution in [0.2, 0.25) is 0 Å². The van der Waals surface area contributed by atoms with Gasteiger partial charge in [0.2, 0.25) is 5.91 Å². The first-order valence-corrected chi connectivity index (χ1v) is 8.66. The van der Waals surface area contributed by atoms with Gasteiger partial charge in [0.25, 0.3) is 5.91 Å². The largest absolute Gasteiger partial charge is 0.368 e. The standard InChI is InChI=1S/C17H25N3O4/c1-12-14(13(2)24-18-12)11-16(21)19-6-4-7-20(9-8-19)17(22)15-5-3-10-23-15/h15H,3-11H2,1-2H3/t15-/m1/s1. The summed E-state index contributed by atoms with van der Waals surface area (Å²) in [5, 5.41) is 3.90. The molecule has 0 spiro atoms. The maximum absolute atomic E-state index is 12.6. The van der Waals surface area contributed by atoms with Crippen molar-refractivity contribution in [2.75, 3.05) is 32.8 Å². The van der Waals surface area contributed by atoms with Crippen molar-refractivity contribution in [3.8, 4) is 0 Å². The zero-order valence-corrected chi connectivity index (χ0v) is 14.4. The van der Waals surface area contributed by atoms with Crippen LogP contribution in [0.25, 0.3) is 0 Å². The molecule has 7 heteroatoms. The van der Waals surface area contributed by atoms with E-state index in [-0.39, 0.29) is 17.9 Å². The molecule has 0 aromatic carbocycles. The molecule has 0 aliphatic carbocycles. The highest BCUT2D eigenvalue weighted by atomic mass is 16.5. The summed E-state index contributed by atoms with van der Waals surface area (Å²) in [6.45, 7) is 6.86. The third-order valence-electron chi connectivity index (χ3n) is 4.87. The van der Waals surface area contributed by atoms with Crippen LogP contribution < -0.4 is 0 Å². The van der Waals surface area contributed by atoms with Gasteiger partial charge in [-0.15, -0.1) is 0 Å². The Balaban J connectivity index is 1.56. The Morgan fingerprint density at radius 2 is 1.88 bits per heavy atom. The van der Waals surface area contributed by atoms with E-state index in [0.717, 1.165) is 30.5 Å². The molecule has 0 unspecified atom stereocenters. The highest BCUT2D eigenvalue weighted by Gasteiger charge is 2.30. The SMILES string of the molecule is Cc1noc(C)c1CC(=O)N1CCCN(C(=O)[C@H]2CCCO2)CC1. The molecule has 132 valence electrons. The van der Waals surface area contributed by atoms with E-state index >= 15 is 0 Å². The summed E-state index contributed by atoms with van der Waals surface area (Å²) in [6, 6.07) is 0. The molecule has 1 aromatic rings. The van der Waals surface area contributed by atoms with Crippen LogP contribution >= 0.6 is 0 Å². The van der Waals surface area contributed by atoms with E-state index in [4.69, 9.17) is 9.26 Å². The van der Waals surface area contributed by atoms with E-state index in [9.17, 15) is 9.59 Å². The summed E-state index contributed by atoms with van der Waals surface area (Å²) in [5.41, 5.74) is 1.64. The van der Waals surface area contributed by atoms with Gasteiger partial charge in [0.05, 0.1) is 12.1 Å². The minimum atomic E-state index is -0.283. The van der Waals surface area contributed by atoms with Gasteiger partial charge in [0, 0.05) is 38.3 Å². The number of ether oxygens (including phenoxy) is 1. The molecule has 3 heterocycles. The molecule has 2 aliphatic heterocycles. The van der Waals surface area contributed by atoms with E-state index in [1.165, 1.54) is 0 Å². The summed E-state index contributed by atoms with van der Waals surface area (Å²) >= 11 is 0. The Labute approximate surface area is 141 Å². The van der Waals surface area contributed by atoms with Crippen LogP contribution in [0.5, 0.6) is 0 Å². The molecule has 2 saturated heterocycles. The van der Waals surface area contributed by atoms with E-state index in [1.54, 1.807) is 0 Å². The van der Waals surface area contributed by atoms with Gasteiger partial charge in [-0.1, -0.05) is 5.16 Å². The Kier molecular flexibility index (Phi) is 5.18. The lowest BCUT2D eigenvalue weighted by Crippen LogP contribution is -2.42. The zero-order valence-electron chi connectivity index (χ0n) is 14.4. The average molecular weight is 335 g/mol. The number of aromatic nitrogens is 1. The van der Waals surface area contributed by atoms with Crippen LogP contribution in [0.4, 0.5) is 0 Å². The number of rotatable bonds is 3. The lowest BCUT2D eigenvalue weighted by atomic mass is 10.1. The molecule has 2 fully saturated rings. The summed E-state index contributed by atoms with van der Waals surface area (Å²) < 4.78 is 10.6. The number of aryl methyl sites for hydroxylation is 2. The van der Waals surface area contributed by atoms with Crippen molar-refractivity contribution in [3.63, 3.8) is 0 Å². The number of hydrogen-bond donors (Lipinski definition) is 0. The molecule has 2 aliphatic rings. The third-order valence-corrected chi connectivity index (χ3v) is 4.87. The predicted molar refractivity (Wildman–Crippen MR) is 86.4 cm³/mol. The quantitative estimate of drug-likeness (QED) is 0.826. The summed E-state index contributed by atoms with van der Waals surface area (Å²) in [5.74, 6) is 0.842. The van der Waals surface area contributed by atoms with E-state index < -0.39 is 0 Å². The van der Waals surface area contributed by atoms with Crippen LogP contribution in [0.3, 0.4) is 0 Å². The van der Waals surface area contributed by atoms with Crippen LogP contribution in [-0.2, 0) is 20.7 Å². The molecule has 0 radical (unpaired) electrons. The van der Waals surface area contributed by atoms with Crippen molar-refractivity contribution in [1.82, 2.24) is 15.0 Å². The van der Waals surface area contributed by atoms with Crippen LogP contribution in [0.1, 0.15) is 36.3 Å². The molecule has 1 aromatic heterocycles. The maximum atomic E-state index is 12.6. The first kappa shape index (κ1) is 17.0. The molecule has 24 heavy (non-hydrogen) atoms. The Bertz CT molecular complexity index is 587. The second-order valence-corrected chi connectivity index (χ2v) is 6.54. The van der Waals surface area contributed by atoms with Crippen LogP contribution in [0, 0.1) is 13.8 Å². The molecule has 0 N–H and O–H groups in total. The smallest absolute Gasteiger partial charge is 0.251 e. The molecule has 7 nitrogen and oxygen atoms in total. The topological polar surface area (TPSA) is 75.9 Å². The minimum absolute atomic E-state index is 0.0656. The molecule has 1 atom stereocenters. The second-order valence-electron chi connectivity index (χ2n) is 6.54. The second kappa shape index (κ2) is 7.34. The first-order chi connectivity index (χ1) is 11.6. The lowest BCUT2D eigenvalue weighted by molar-refractivity contribution is -0.141. The third kappa shape index (κ3) is 3.61. The Morgan fingerprint density at radius 1 is 1.12 bits per heavy atom. The first-order valence-electron chi connectivity index (χ1n) is 8.66. The van der Waals surface area contributed by atoms with Crippen LogP contribution in [-0.4, -0.2) is 65.7 Å². The average Bonchev–Trinajstić information content (AvgIpc) is 3.13. The van der Waals surface area contributed by atoms with E-state index in [1.807, 2.05) is 23.6 Å². The highest BCUT2D eigenvalue weighted by Crippen LogP contribution is 2.17. The van der Waals surface area contributed by atoms with Gasteiger partial charge in [-0.05, 0) is 33.1 Å². The van der Waals surface area contributed by atoms with E-state index in [2.05, 4.69) is 5.16 Å². The van der Waals surface area contributed by atoms with Gasteiger partial charge < -0.3 is 19.1 Å².